The topological polar surface area (TPSA) is 269 Å². The van der Waals surface area contributed by atoms with Gasteiger partial charge in [0.15, 0.2) is 28.9 Å². The number of H-pyrrole nitrogens is 1. The van der Waals surface area contributed by atoms with Crippen molar-refractivity contribution in [2.45, 2.75) is 49.2 Å². The Bertz CT molecular complexity index is 1860. The molecule has 2 fully saturated rings. The summed E-state index contributed by atoms with van der Waals surface area (Å²) in [7, 11) is 0.842. The molecule has 24 heteroatoms. The third-order valence-electron chi connectivity index (χ3n) is 8.03. The Morgan fingerprint density at radius 3 is 2.64 bits per heavy atom. The predicted molar refractivity (Wildman–Crippen MR) is 170 cm³/mol. The highest BCUT2D eigenvalue weighted by atomic mass is 32.7. The molecule has 2 aliphatic rings. The fourth-order valence-corrected chi connectivity index (χ4v) is 7.96. The monoisotopic (exact) mass is 732 g/mol. The number of ether oxygens (including phenoxy) is 3. The van der Waals surface area contributed by atoms with E-state index in [0.29, 0.717) is 11.2 Å². The lowest BCUT2D eigenvalue weighted by atomic mass is 10.1. The number of aliphatic hydroxyl groups excluding tert-OH is 1. The van der Waals surface area contributed by atoms with Gasteiger partial charge in [-0.05, 0) is 6.42 Å². The summed E-state index contributed by atoms with van der Waals surface area (Å²) >= 11 is 8.36. The van der Waals surface area contributed by atoms with Crippen LogP contribution in [0.15, 0.2) is 23.8 Å². The number of aliphatic hydroxyl groups is 1. The Balaban J connectivity index is 1.20. The predicted octanol–water partition coefficient (Wildman–Crippen LogP) is 0.894. The quantitative estimate of drug-likeness (QED) is 0.0633. The minimum Gasteiger partial charge on any atom is -0.388 e. The molecular weight excluding hydrogens is 702 g/mol. The minimum atomic E-state index is -4.22. The first-order chi connectivity index (χ1) is 22.6. The SMILES string of the molecule is CO[C@H]1[C@@H](OCS)[C@H](n2cnc3c(=O)[nH]c(N)nc32)O[C@@H]1COP(=O)(S)O[C@@H]1[C@@H](COP=O)C[C@@H](n2cnc3c(N)ncnc32)[C@@H]1O. The minimum absolute atomic E-state index is 0.0211. The second kappa shape index (κ2) is 14.0. The lowest BCUT2D eigenvalue weighted by Crippen LogP contribution is -2.37. The molecule has 0 radical (unpaired) electrons. The lowest BCUT2D eigenvalue weighted by Gasteiger charge is -2.27. The summed E-state index contributed by atoms with van der Waals surface area (Å²) in [5, 5.41) is 11.4. The van der Waals surface area contributed by atoms with E-state index in [1.807, 2.05) is 0 Å². The molecule has 6 N–H and O–H groups in total. The third-order valence-corrected chi connectivity index (χ3v) is 10.0. The molecule has 1 aliphatic heterocycles. The molecule has 0 amide bonds. The van der Waals surface area contributed by atoms with E-state index in [1.165, 1.54) is 30.7 Å². The molecule has 6 rings (SSSR count). The van der Waals surface area contributed by atoms with Gasteiger partial charge in [0.05, 0.1) is 37.8 Å². The maximum Gasteiger partial charge on any atom is 0.386 e. The molecule has 254 valence electrons. The van der Waals surface area contributed by atoms with Crippen LogP contribution in [-0.4, -0.2) is 101 Å². The summed E-state index contributed by atoms with van der Waals surface area (Å²) in [5.74, 6) is -0.581. The summed E-state index contributed by atoms with van der Waals surface area (Å²) in [6.45, 7) is -4.69. The van der Waals surface area contributed by atoms with Gasteiger partial charge in [-0.2, -0.15) is 17.6 Å². The van der Waals surface area contributed by atoms with Crippen LogP contribution in [0.1, 0.15) is 18.7 Å². The van der Waals surface area contributed by atoms with Gasteiger partial charge in [0.25, 0.3) is 5.56 Å². The molecule has 20 nitrogen and oxygen atoms in total. The van der Waals surface area contributed by atoms with Crippen LogP contribution >= 0.6 is 40.4 Å². The Morgan fingerprint density at radius 2 is 1.89 bits per heavy atom. The molecule has 1 saturated carbocycles. The number of nitrogen functional groups attached to an aromatic ring is 2. The average Bonchev–Trinajstić information content (AvgIpc) is 3.80. The summed E-state index contributed by atoms with van der Waals surface area (Å²) in [4.78, 5) is 35.4. The zero-order valence-electron chi connectivity index (χ0n) is 24.4. The number of hydrogen-bond donors (Lipinski definition) is 6. The fraction of sp³-hybridized carbons (Fsp3) is 0.565. The van der Waals surface area contributed by atoms with E-state index in [1.54, 1.807) is 4.57 Å². The van der Waals surface area contributed by atoms with Crippen LogP contribution in [0.3, 0.4) is 0 Å². The highest BCUT2D eigenvalue weighted by molar-refractivity contribution is 8.44. The van der Waals surface area contributed by atoms with Crippen LogP contribution in [0, 0.1) is 5.92 Å². The summed E-state index contributed by atoms with van der Waals surface area (Å²) in [6.07, 6.45) is -1.53. The number of nitrogens with one attached hydrogen (secondary N) is 1. The number of imidazole rings is 2. The molecule has 1 aliphatic carbocycles. The first-order valence-electron chi connectivity index (χ1n) is 13.9. The maximum absolute atomic E-state index is 13.6. The summed E-state index contributed by atoms with van der Waals surface area (Å²) in [5.41, 5.74) is 12.0. The molecule has 1 unspecified atom stereocenters. The van der Waals surface area contributed by atoms with E-state index in [4.69, 9.17) is 39.2 Å². The molecule has 4 aromatic heterocycles. The van der Waals surface area contributed by atoms with E-state index in [-0.39, 0.29) is 48.5 Å². The van der Waals surface area contributed by atoms with Crippen molar-refractivity contribution >= 4 is 74.5 Å². The molecule has 0 bridgehead atoms. The highest BCUT2D eigenvalue weighted by Crippen LogP contribution is 2.57. The zero-order valence-corrected chi connectivity index (χ0v) is 28.0. The standard InChI is InChI=1S/C23H30N10O10P2S2/c1-38-16-11(42-22(17(16)39-8-46)33-7-29-13-20(33)30-23(25)31-21(13)35)4-41-45(37,47)43-15-9(3-40-44-36)2-10(14(15)34)32-6-28-12-18(24)26-5-27-19(12)32/h5-7,9-11,14-17,22,34,46H,2-4,8H2,1H3,(H,37,47)(H2,24,26,27)(H3,25,30,31,35)/t9-,10-,11-,14+,15-,16-,17-,22-,45?/m1/s1. The highest BCUT2D eigenvalue weighted by Gasteiger charge is 2.50. The van der Waals surface area contributed by atoms with Crippen molar-refractivity contribution in [1.29, 1.82) is 0 Å². The zero-order chi connectivity index (χ0) is 33.5. The smallest absolute Gasteiger partial charge is 0.386 e. The summed E-state index contributed by atoms with van der Waals surface area (Å²) < 4.78 is 62.1. The number of aromatic nitrogens is 8. The van der Waals surface area contributed by atoms with Crippen molar-refractivity contribution in [2.24, 2.45) is 5.92 Å². The van der Waals surface area contributed by atoms with Gasteiger partial charge in [-0.3, -0.25) is 27.9 Å². The first-order valence-corrected chi connectivity index (χ1v) is 18.0. The van der Waals surface area contributed by atoms with E-state index in [0.717, 1.165) is 0 Å². The number of anilines is 2. The molecule has 9 atom stereocenters. The normalized spacial score (nSPS) is 29.3. The fourth-order valence-electron chi connectivity index (χ4n) is 6.01. The lowest BCUT2D eigenvalue weighted by molar-refractivity contribution is -0.0605. The number of nitrogens with two attached hydrogens (primary N) is 2. The van der Waals surface area contributed by atoms with Crippen LogP contribution < -0.4 is 17.0 Å². The van der Waals surface area contributed by atoms with Crippen LogP contribution in [0.4, 0.5) is 11.8 Å². The molecule has 4 aromatic rings. The molecule has 0 aromatic carbocycles. The van der Waals surface area contributed by atoms with Gasteiger partial charge in [0.1, 0.15) is 42.4 Å². The molecule has 47 heavy (non-hydrogen) atoms. The van der Waals surface area contributed by atoms with Gasteiger partial charge < -0.3 is 35.4 Å². The second-order valence-electron chi connectivity index (χ2n) is 10.6. The molecular formula is C23H30N10O10P2S2. The van der Waals surface area contributed by atoms with Crippen molar-refractivity contribution in [1.82, 2.24) is 39.0 Å². The van der Waals surface area contributed by atoms with Gasteiger partial charge in [-0.25, -0.2) is 29.1 Å². The van der Waals surface area contributed by atoms with Crippen LogP contribution in [0.5, 0.6) is 0 Å². The van der Waals surface area contributed by atoms with Crippen molar-refractivity contribution in [3.8, 4) is 0 Å². The van der Waals surface area contributed by atoms with E-state index in [2.05, 4.69) is 54.8 Å². The Morgan fingerprint density at radius 1 is 1.13 bits per heavy atom. The van der Waals surface area contributed by atoms with Crippen molar-refractivity contribution in [3.63, 3.8) is 0 Å². The van der Waals surface area contributed by atoms with E-state index < -0.39 is 69.8 Å². The van der Waals surface area contributed by atoms with Crippen molar-refractivity contribution < 1.29 is 42.0 Å². The summed E-state index contributed by atoms with van der Waals surface area (Å²) in [6, 6.07) is -0.666. The number of hydrogen-bond acceptors (Lipinski definition) is 18. The number of fused-ring (bicyclic) bond motifs is 2. The van der Waals surface area contributed by atoms with Crippen LogP contribution in [0.2, 0.25) is 0 Å². The largest absolute Gasteiger partial charge is 0.388 e. The average molecular weight is 733 g/mol. The van der Waals surface area contributed by atoms with Gasteiger partial charge in [0, 0.05) is 13.0 Å². The van der Waals surface area contributed by atoms with Crippen molar-refractivity contribution in [3.05, 3.63) is 29.3 Å². The van der Waals surface area contributed by atoms with Gasteiger partial charge in [0.2, 0.25) is 5.95 Å². The van der Waals surface area contributed by atoms with Crippen molar-refractivity contribution in [2.75, 3.05) is 37.7 Å². The first kappa shape index (κ1) is 34.1. The van der Waals surface area contributed by atoms with Gasteiger partial charge in [-0.15, -0.1) is 0 Å². The van der Waals surface area contributed by atoms with Gasteiger partial charge in [-0.1, -0.05) is 12.2 Å². The van der Waals surface area contributed by atoms with Gasteiger partial charge >= 0.3 is 15.5 Å². The number of aromatic amines is 1. The number of rotatable bonds is 13. The Hall–Kier alpha value is -2.75. The number of nitrogens with zero attached hydrogens (tertiary/aromatic N) is 7. The Labute approximate surface area is 277 Å². The van der Waals surface area contributed by atoms with Crippen LogP contribution in [0.25, 0.3) is 22.3 Å². The third kappa shape index (κ3) is 6.64. The number of thiol groups is 2. The van der Waals surface area contributed by atoms with E-state index >= 15 is 0 Å². The molecule has 0 spiro atoms. The maximum atomic E-state index is 13.6. The molecule has 5 heterocycles. The van der Waals surface area contributed by atoms with Crippen LogP contribution in [-0.2, 0) is 36.9 Å². The molecule has 1 saturated heterocycles. The Kier molecular flexibility index (Phi) is 10.2. The second-order valence-corrected chi connectivity index (χ2v) is 14.2. The van der Waals surface area contributed by atoms with E-state index in [9.17, 15) is 19.0 Å². The number of methoxy groups -OCH3 is 1.